The quantitative estimate of drug-likeness (QED) is 0.628. The Hall–Kier alpha value is -3.15. The number of piperidine rings is 1. The van der Waals surface area contributed by atoms with Gasteiger partial charge in [0, 0.05) is 17.8 Å². The third-order valence-corrected chi connectivity index (χ3v) is 5.35. The zero-order chi connectivity index (χ0) is 20.2. The third-order valence-electron chi connectivity index (χ3n) is 5.35. The molecule has 0 aliphatic carbocycles. The van der Waals surface area contributed by atoms with E-state index >= 15 is 0 Å². The first-order valence-corrected chi connectivity index (χ1v) is 10.2. The number of hydrogen-bond donors (Lipinski definition) is 1. The van der Waals surface area contributed by atoms with E-state index in [-0.39, 0.29) is 12.1 Å². The first-order chi connectivity index (χ1) is 14.1. The second kappa shape index (κ2) is 8.47. The van der Waals surface area contributed by atoms with Crippen molar-refractivity contribution < 1.29 is 9.32 Å². The maximum absolute atomic E-state index is 13.0. The van der Waals surface area contributed by atoms with Crippen LogP contribution in [0, 0.1) is 0 Å². The zero-order valence-corrected chi connectivity index (χ0v) is 16.8. The number of nitrogens with one attached hydrogen (secondary N) is 1. The van der Waals surface area contributed by atoms with E-state index in [2.05, 4.69) is 41.4 Å². The van der Waals surface area contributed by atoms with Crippen LogP contribution in [0.2, 0.25) is 0 Å². The van der Waals surface area contributed by atoms with Crippen molar-refractivity contribution in [1.82, 2.24) is 15.0 Å². The topological polar surface area (TPSA) is 71.3 Å². The molecule has 3 aromatic rings. The summed E-state index contributed by atoms with van der Waals surface area (Å²) >= 11 is 0. The molecule has 1 aromatic heterocycles. The van der Waals surface area contributed by atoms with E-state index in [1.54, 1.807) is 0 Å². The minimum absolute atomic E-state index is 0.133. The fraction of sp³-hybridized carbons (Fsp3) is 0.348. The highest BCUT2D eigenvalue weighted by atomic mass is 16.5. The van der Waals surface area contributed by atoms with E-state index in [0.717, 1.165) is 30.5 Å². The average Bonchev–Trinajstić information content (AvgIpc) is 3.25. The molecule has 2 heterocycles. The van der Waals surface area contributed by atoms with E-state index in [4.69, 9.17) is 4.52 Å². The molecule has 1 aliphatic heterocycles. The van der Waals surface area contributed by atoms with Gasteiger partial charge in [0.05, 0.1) is 0 Å². The lowest BCUT2D eigenvalue weighted by Gasteiger charge is -2.33. The van der Waals surface area contributed by atoms with Crippen molar-refractivity contribution in [3.63, 3.8) is 0 Å². The van der Waals surface area contributed by atoms with Crippen LogP contribution in [0.15, 0.2) is 59.1 Å². The van der Waals surface area contributed by atoms with Gasteiger partial charge in [0.15, 0.2) is 0 Å². The number of carbonyl (C=O) groups is 1. The molecule has 1 aliphatic rings. The highest BCUT2D eigenvalue weighted by Gasteiger charge is 2.32. The smallest absolute Gasteiger partial charge is 0.322 e. The fourth-order valence-corrected chi connectivity index (χ4v) is 3.65. The normalized spacial score (nSPS) is 16.8. The molecule has 1 atom stereocenters. The van der Waals surface area contributed by atoms with Gasteiger partial charge in [-0.15, -0.1) is 0 Å². The van der Waals surface area contributed by atoms with Crippen LogP contribution in [-0.4, -0.2) is 27.6 Å². The van der Waals surface area contributed by atoms with Crippen LogP contribution in [0.25, 0.3) is 11.4 Å². The van der Waals surface area contributed by atoms with Crippen LogP contribution in [0.1, 0.15) is 56.5 Å². The Kier molecular flexibility index (Phi) is 5.60. The number of nitrogens with zero attached hydrogens (tertiary/aromatic N) is 3. The molecular weight excluding hydrogens is 364 g/mol. The Balaban J connectivity index is 1.50. The lowest BCUT2D eigenvalue weighted by atomic mass is 10.0. The van der Waals surface area contributed by atoms with Crippen LogP contribution in [0.5, 0.6) is 0 Å². The van der Waals surface area contributed by atoms with E-state index in [1.165, 1.54) is 5.56 Å². The number of amides is 2. The summed E-state index contributed by atoms with van der Waals surface area (Å²) in [5, 5.41) is 7.13. The monoisotopic (exact) mass is 390 g/mol. The SMILES string of the molecule is CC(C)c1ccc(NC(=O)N2CCCC[C@H]2c2nc(-c3ccccc3)no2)cc1. The van der Waals surface area contributed by atoms with Crippen LogP contribution >= 0.6 is 0 Å². The molecule has 1 fully saturated rings. The first-order valence-electron chi connectivity index (χ1n) is 10.2. The Morgan fingerprint density at radius 1 is 1.10 bits per heavy atom. The lowest BCUT2D eigenvalue weighted by Crippen LogP contribution is -2.41. The molecule has 0 saturated carbocycles. The number of benzene rings is 2. The van der Waals surface area contributed by atoms with Crippen LogP contribution in [0.3, 0.4) is 0 Å². The summed E-state index contributed by atoms with van der Waals surface area (Å²) < 4.78 is 5.55. The molecule has 2 amide bonds. The van der Waals surface area contributed by atoms with Gasteiger partial charge in [0.25, 0.3) is 0 Å². The molecule has 4 rings (SSSR count). The minimum atomic E-state index is -0.205. The lowest BCUT2D eigenvalue weighted by molar-refractivity contribution is 0.142. The molecule has 0 bridgehead atoms. The van der Waals surface area contributed by atoms with Gasteiger partial charge in [-0.1, -0.05) is 61.5 Å². The maximum Gasteiger partial charge on any atom is 0.322 e. The molecule has 150 valence electrons. The standard InChI is InChI=1S/C23H26N4O2/c1-16(2)17-11-13-19(14-12-17)24-23(28)27-15-7-6-10-20(27)22-25-21(26-29-22)18-8-4-3-5-9-18/h3-5,8-9,11-14,16,20H,6-7,10,15H2,1-2H3,(H,24,28)/t20-/m0/s1. The van der Waals surface area contributed by atoms with Crippen LogP contribution in [0.4, 0.5) is 10.5 Å². The van der Waals surface area contributed by atoms with Crippen LogP contribution < -0.4 is 5.32 Å². The number of carbonyl (C=O) groups excluding carboxylic acids is 1. The predicted molar refractivity (Wildman–Crippen MR) is 113 cm³/mol. The van der Waals surface area contributed by atoms with Gasteiger partial charge in [-0.25, -0.2) is 4.79 Å². The van der Waals surface area contributed by atoms with E-state index in [9.17, 15) is 4.79 Å². The van der Waals surface area contributed by atoms with Gasteiger partial charge < -0.3 is 14.7 Å². The van der Waals surface area contributed by atoms with Gasteiger partial charge >= 0.3 is 6.03 Å². The predicted octanol–water partition coefficient (Wildman–Crippen LogP) is 5.62. The number of anilines is 1. The molecule has 0 unspecified atom stereocenters. The summed E-state index contributed by atoms with van der Waals surface area (Å²) in [5.74, 6) is 1.51. The second-order valence-corrected chi connectivity index (χ2v) is 7.73. The average molecular weight is 390 g/mol. The van der Waals surface area contributed by atoms with Crippen molar-refractivity contribution in [3.8, 4) is 11.4 Å². The summed E-state index contributed by atoms with van der Waals surface area (Å²) in [4.78, 5) is 19.4. The van der Waals surface area contributed by atoms with Crippen molar-refractivity contribution in [2.45, 2.75) is 45.1 Å². The summed E-state index contributed by atoms with van der Waals surface area (Å²) in [7, 11) is 0. The summed E-state index contributed by atoms with van der Waals surface area (Å²) in [6.45, 7) is 4.98. The van der Waals surface area contributed by atoms with E-state index in [1.807, 2.05) is 47.4 Å². The molecule has 1 N–H and O–H groups in total. The maximum atomic E-state index is 13.0. The Labute approximate surface area is 170 Å². The number of rotatable bonds is 4. The van der Waals surface area contributed by atoms with Crippen molar-refractivity contribution in [2.75, 3.05) is 11.9 Å². The Morgan fingerprint density at radius 2 is 1.86 bits per heavy atom. The van der Waals surface area contributed by atoms with Gasteiger partial charge in [-0.3, -0.25) is 0 Å². The summed E-state index contributed by atoms with van der Waals surface area (Å²) in [6, 6.07) is 17.4. The largest absolute Gasteiger partial charge is 0.337 e. The molecule has 29 heavy (non-hydrogen) atoms. The van der Waals surface area contributed by atoms with Crippen molar-refractivity contribution in [2.24, 2.45) is 0 Å². The molecule has 0 radical (unpaired) electrons. The highest BCUT2D eigenvalue weighted by Crippen LogP contribution is 2.31. The minimum Gasteiger partial charge on any atom is -0.337 e. The van der Waals surface area contributed by atoms with Gasteiger partial charge in [-0.05, 0) is 42.9 Å². The van der Waals surface area contributed by atoms with Crippen molar-refractivity contribution in [1.29, 1.82) is 0 Å². The number of likely N-dealkylation sites (tertiary alicyclic amines) is 1. The molecule has 6 nitrogen and oxygen atoms in total. The van der Waals surface area contributed by atoms with Crippen LogP contribution in [-0.2, 0) is 0 Å². The zero-order valence-electron chi connectivity index (χ0n) is 16.8. The summed E-state index contributed by atoms with van der Waals surface area (Å²) in [6.07, 6.45) is 2.81. The number of aromatic nitrogens is 2. The van der Waals surface area contributed by atoms with Gasteiger partial charge in [0.1, 0.15) is 6.04 Å². The molecule has 2 aromatic carbocycles. The van der Waals surface area contributed by atoms with E-state index in [0.29, 0.717) is 24.2 Å². The second-order valence-electron chi connectivity index (χ2n) is 7.73. The molecule has 1 saturated heterocycles. The molecular formula is C23H26N4O2. The molecule has 6 heteroatoms. The number of urea groups is 1. The van der Waals surface area contributed by atoms with Crippen molar-refractivity contribution in [3.05, 3.63) is 66.1 Å². The fourth-order valence-electron chi connectivity index (χ4n) is 3.65. The Morgan fingerprint density at radius 3 is 2.59 bits per heavy atom. The van der Waals surface area contributed by atoms with Gasteiger partial charge in [0.2, 0.25) is 11.7 Å². The van der Waals surface area contributed by atoms with Gasteiger partial charge in [-0.2, -0.15) is 4.98 Å². The number of hydrogen-bond acceptors (Lipinski definition) is 4. The van der Waals surface area contributed by atoms with E-state index < -0.39 is 0 Å². The third kappa shape index (κ3) is 4.31. The first kappa shape index (κ1) is 19.2. The van der Waals surface area contributed by atoms with Crippen molar-refractivity contribution >= 4 is 11.7 Å². The summed E-state index contributed by atoms with van der Waals surface area (Å²) in [5.41, 5.74) is 2.94. The Bertz CT molecular complexity index is 951. The molecule has 0 spiro atoms. The highest BCUT2D eigenvalue weighted by molar-refractivity contribution is 5.89.